The van der Waals surface area contributed by atoms with Crippen molar-refractivity contribution in [3.8, 4) is 16.9 Å². The Morgan fingerprint density at radius 2 is 2.25 bits per heavy atom. The van der Waals surface area contributed by atoms with Crippen LogP contribution in [0.2, 0.25) is 0 Å². The molecule has 0 saturated carbocycles. The summed E-state index contributed by atoms with van der Waals surface area (Å²) in [7, 11) is 0. The minimum Gasteiger partial charge on any atom is -0.508 e. The molecule has 3 aromatic rings. The van der Waals surface area contributed by atoms with E-state index < -0.39 is 0 Å². The highest BCUT2D eigenvalue weighted by atomic mass is 16.3. The summed E-state index contributed by atoms with van der Waals surface area (Å²) in [4.78, 5) is 7.31. The van der Waals surface area contributed by atoms with E-state index in [2.05, 4.69) is 16.0 Å². The lowest BCUT2D eigenvalue weighted by molar-refractivity contribution is 0.475. The van der Waals surface area contributed by atoms with Crippen molar-refractivity contribution in [2.24, 2.45) is 0 Å². The molecule has 0 aliphatic carbocycles. The maximum Gasteiger partial charge on any atom is 0.137 e. The van der Waals surface area contributed by atoms with Crippen molar-refractivity contribution >= 4 is 11.0 Å². The van der Waals surface area contributed by atoms with Gasteiger partial charge in [-0.25, -0.2) is 4.98 Å². The lowest BCUT2D eigenvalue weighted by Gasteiger charge is -1.99. The molecule has 0 atom stereocenters. The minimum absolute atomic E-state index is 0.243. The second kappa shape index (κ2) is 3.38. The summed E-state index contributed by atoms with van der Waals surface area (Å²) >= 11 is 0. The van der Waals surface area contributed by atoms with Gasteiger partial charge in [-0.15, -0.1) is 0 Å². The van der Waals surface area contributed by atoms with Gasteiger partial charge in [-0.1, -0.05) is 6.07 Å². The summed E-state index contributed by atoms with van der Waals surface area (Å²) in [6.45, 7) is 0. The quantitative estimate of drug-likeness (QED) is 0.647. The molecule has 1 radical (unpaired) electrons. The third kappa shape index (κ3) is 1.34. The molecular formula is C13H9N2O. The van der Waals surface area contributed by atoms with Gasteiger partial charge in [0.1, 0.15) is 11.4 Å². The maximum atomic E-state index is 9.44. The zero-order valence-corrected chi connectivity index (χ0v) is 8.44. The number of nitrogens with one attached hydrogen (secondary N) is 1. The Hall–Kier alpha value is -2.29. The van der Waals surface area contributed by atoms with Crippen molar-refractivity contribution in [3.05, 3.63) is 48.8 Å². The van der Waals surface area contributed by atoms with Gasteiger partial charge in [-0.3, -0.25) is 0 Å². The molecule has 16 heavy (non-hydrogen) atoms. The lowest BCUT2D eigenvalue weighted by atomic mass is 10.1. The molecule has 0 saturated heterocycles. The van der Waals surface area contributed by atoms with E-state index in [1.807, 2.05) is 18.3 Å². The summed E-state index contributed by atoms with van der Waals surface area (Å²) < 4.78 is 0. The highest BCUT2D eigenvalue weighted by Crippen LogP contribution is 2.28. The van der Waals surface area contributed by atoms with Gasteiger partial charge in [0.15, 0.2) is 0 Å². The molecule has 2 heterocycles. The zero-order chi connectivity index (χ0) is 11.0. The Bertz CT molecular complexity index is 643. The van der Waals surface area contributed by atoms with Crippen LogP contribution in [0.4, 0.5) is 0 Å². The van der Waals surface area contributed by atoms with Crippen molar-refractivity contribution in [2.75, 3.05) is 0 Å². The second-order valence-electron chi connectivity index (χ2n) is 3.56. The van der Waals surface area contributed by atoms with Crippen molar-refractivity contribution in [3.63, 3.8) is 0 Å². The molecule has 0 aliphatic rings. The van der Waals surface area contributed by atoms with E-state index >= 15 is 0 Å². The Labute approximate surface area is 92.4 Å². The van der Waals surface area contributed by atoms with Crippen LogP contribution in [0, 0.1) is 6.07 Å². The molecule has 3 heteroatoms. The fourth-order valence-electron chi connectivity index (χ4n) is 1.79. The molecular weight excluding hydrogens is 200 g/mol. The molecule has 0 unspecified atom stereocenters. The van der Waals surface area contributed by atoms with Crippen LogP contribution >= 0.6 is 0 Å². The Morgan fingerprint density at radius 1 is 1.31 bits per heavy atom. The largest absolute Gasteiger partial charge is 0.508 e. The fourth-order valence-corrected chi connectivity index (χ4v) is 1.79. The average molecular weight is 209 g/mol. The first-order chi connectivity index (χ1) is 7.84. The molecule has 1 aromatic carbocycles. The first-order valence-electron chi connectivity index (χ1n) is 4.98. The van der Waals surface area contributed by atoms with E-state index in [1.54, 1.807) is 24.4 Å². The number of H-pyrrole nitrogens is 1. The number of fused-ring (bicyclic) bond motifs is 1. The van der Waals surface area contributed by atoms with Crippen LogP contribution < -0.4 is 0 Å². The van der Waals surface area contributed by atoms with Crippen LogP contribution in [0.3, 0.4) is 0 Å². The summed E-state index contributed by atoms with van der Waals surface area (Å²) in [5, 5.41) is 10.5. The molecule has 0 aliphatic heterocycles. The molecule has 0 amide bonds. The SMILES string of the molecule is Oc1cc[c]c(-c2c[nH]c3ncccc23)c1. The first-order valence-corrected chi connectivity index (χ1v) is 4.98. The number of hydrogen-bond acceptors (Lipinski definition) is 2. The third-order valence-corrected chi connectivity index (χ3v) is 2.53. The van der Waals surface area contributed by atoms with Crippen LogP contribution in [0.15, 0.2) is 42.7 Å². The van der Waals surface area contributed by atoms with E-state index in [0.29, 0.717) is 0 Å². The van der Waals surface area contributed by atoms with Gasteiger partial charge in [-0.05, 0) is 35.9 Å². The van der Waals surface area contributed by atoms with Gasteiger partial charge in [0.25, 0.3) is 0 Å². The van der Waals surface area contributed by atoms with Gasteiger partial charge in [0.2, 0.25) is 0 Å². The number of hydrogen-bond donors (Lipinski definition) is 2. The van der Waals surface area contributed by atoms with E-state index in [-0.39, 0.29) is 5.75 Å². The molecule has 3 nitrogen and oxygen atoms in total. The molecule has 2 N–H and O–H groups in total. The number of phenolic OH excluding ortho intramolecular Hbond substituents is 1. The maximum absolute atomic E-state index is 9.44. The summed E-state index contributed by atoms with van der Waals surface area (Å²) in [6, 6.07) is 12.0. The van der Waals surface area contributed by atoms with E-state index in [1.165, 1.54) is 0 Å². The van der Waals surface area contributed by atoms with Crippen LogP contribution in [-0.4, -0.2) is 15.1 Å². The smallest absolute Gasteiger partial charge is 0.137 e. The number of aromatic hydroxyl groups is 1. The van der Waals surface area contributed by atoms with Crippen LogP contribution in [0.1, 0.15) is 0 Å². The number of nitrogens with zero attached hydrogens (tertiary/aromatic N) is 1. The lowest BCUT2D eigenvalue weighted by Crippen LogP contribution is -1.76. The minimum atomic E-state index is 0.243. The Morgan fingerprint density at radius 3 is 3.12 bits per heavy atom. The van der Waals surface area contributed by atoms with Gasteiger partial charge in [0, 0.05) is 23.3 Å². The fraction of sp³-hybridized carbons (Fsp3) is 0. The van der Waals surface area contributed by atoms with E-state index in [9.17, 15) is 5.11 Å². The summed E-state index contributed by atoms with van der Waals surface area (Å²) in [6.07, 6.45) is 3.62. The normalized spacial score (nSPS) is 10.8. The highest BCUT2D eigenvalue weighted by molar-refractivity contribution is 5.93. The van der Waals surface area contributed by atoms with Crippen molar-refractivity contribution in [1.82, 2.24) is 9.97 Å². The monoisotopic (exact) mass is 209 g/mol. The predicted octanol–water partition coefficient (Wildman–Crippen LogP) is 2.74. The van der Waals surface area contributed by atoms with Gasteiger partial charge >= 0.3 is 0 Å². The Balaban J connectivity index is 2.26. The Kier molecular flexibility index (Phi) is 1.90. The van der Waals surface area contributed by atoms with Crippen LogP contribution in [0.5, 0.6) is 5.75 Å². The number of phenols is 1. The molecule has 0 fully saturated rings. The number of aromatic nitrogens is 2. The topological polar surface area (TPSA) is 48.9 Å². The predicted molar refractivity (Wildman–Crippen MR) is 62.0 cm³/mol. The van der Waals surface area contributed by atoms with Gasteiger partial charge < -0.3 is 10.1 Å². The van der Waals surface area contributed by atoms with Crippen LogP contribution in [-0.2, 0) is 0 Å². The molecule has 0 bridgehead atoms. The van der Waals surface area contributed by atoms with Gasteiger partial charge in [0.05, 0.1) is 0 Å². The molecule has 2 aromatic heterocycles. The van der Waals surface area contributed by atoms with Crippen molar-refractivity contribution in [1.29, 1.82) is 0 Å². The standard InChI is InChI=1S/C13H9N2O/c16-10-4-1-3-9(7-10)12-8-15-13-11(12)5-2-6-14-13/h1-2,4-8,16H,(H,14,15). The number of pyridine rings is 1. The van der Waals surface area contributed by atoms with E-state index in [4.69, 9.17) is 0 Å². The first kappa shape index (κ1) is 8.97. The number of benzene rings is 1. The zero-order valence-electron chi connectivity index (χ0n) is 8.44. The number of rotatable bonds is 1. The van der Waals surface area contributed by atoms with Gasteiger partial charge in [-0.2, -0.15) is 0 Å². The summed E-state index contributed by atoms with van der Waals surface area (Å²) in [5.74, 6) is 0.243. The summed E-state index contributed by atoms with van der Waals surface area (Å²) in [5.41, 5.74) is 2.70. The second-order valence-corrected chi connectivity index (χ2v) is 3.56. The van der Waals surface area contributed by atoms with Crippen molar-refractivity contribution < 1.29 is 5.11 Å². The number of aromatic amines is 1. The molecule has 77 valence electrons. The van der Waals surface area contributed by atoms with E-state index in [0.717, 1.165) is 22.2 Å². The molecule has 3 rings (SSSR count). The van der Waals surface area contributed by atoms with Crippen molar-refractivity contribution in [2.45, 2.75) is 0 Å². The molecule has 0 spiro atoms. The third-order valence-electron chi connectivity index (χ3n) is 2.53. The van der Waals surface area contributed by atoms with Crippen LogP contribution in [0.25, 0.3) is 22.2 Å². The highest BCUT2D eigenvalue weighted by Gasteiger charge is 2.06. The average Bonchev–Trinajstić information content (AvgIpc) is 2.72.